The second-order valence-corrected chi connectivity index (χ2v) is 10.4. The molecule has 1 aromatic carbocycles. The number of allylic oxidation sites excluding steroid dienone is 1. The molecule has 2 aromatic rings. The highest BCUT2D eigenvalue weighted by atomic mass is 32.2. The van der Waals surface area contributed by atoms with Crippen molar-refractivity contribution in [2.45, 2.75) is 37.0 Å². The van der Waals surface area contributed by atoms with E-state index in [0.717, 1.165) is 29.9 Å². The average molecular weight is 451 g/mol. The second-order valence-electron chi connectivity index (χ2n) is 7.17. The van der Waals surface area contributed by atoms with Crippen LogP contribution in [-0.2, 0) is 16.0 Å². The number of aliphatic hydroxyl groups excluding tert-OH is 1. The van der Waals surface area contributed by atoms with Crippen LogP contribution < -0.4 is 0 Å². The fourth-order valence-corrected chi connectivity index (χ4v) is 6.71. The van der Waals surface area contributed by atoms with Gasteiger partial charge in [-0.05, 0) is 52.7 Å². The van der Waals surface area contributed by atoms with Crippen molar-refractivity contribution in [1.29, 1.82) is 0 Å². The number of carboxylic acids is 1. The van der Waals surface area contributed by atoms with Crippen LogP contribution >= 0.6 is 34.9 Å². The van der Waals surface area contributed by atoms with Crippen molar-refractivity contribution in [3.63, 3.8) is 0 Å². The van der Waals surface area contributed by atoms with Crippen LogP contribution in [0.4, 0.5) is 0 Å². The number of ketones is 1. The van der Waals surface area contributed by atoms with E-state index in [1.54, 1.807) is 23.1 Å². The Labute approximate surface area is 183 Å². The monoisotopic (exact) mass is 450 g/mol. The van der Waals surface area contributed by atoms with Crippen molar-refractivity contribution in [2.24, 2.45) is 5.92 Å². The SMILES string of the molecule is O=C(O)CSCCCSC1C(=O)CCC1C=C[C@@H](O)Cc1csc2ccccc12. The Bertz CT molecular complexity index is 861. The van der Waals surface area contributed by atoms with Crippen molar-refractivity contribution in [2.75, 3.05) is 17.3 Å². The topological polar surface area (TPSA) is 74.6 Å². The van der Waals surface area contributed by atoms with Gasteiger partial charge in [0.2, 0.25) is 0 Å². The average Bonchev–Trinajstić information content (AvgIpc) is 3.26. The Balaban J connectivity index is 1.47. The molecule has 2 unspecified atom stereocenters. The largest absolute Gasteiger partial charge is 0.481 e. The van der Waals surface area contributed by atoms with E-state index in [4.69, 9.17) is 5.11 Å². The second kappa shape index (κ2) is 11.2. The molecule has 156 valence electrons. The van der Waals surface area contributed by atoms with E-state index in [2.05, 4.69) is 17.5 Å². The van der Waals surface area contributed by atoms with Gasteiger partial charge in [-0.1, -0.05) is 30.4 Å². The van der Waals surface area contributed by atoms with Crippen molar-refractivity contribution < 1.29 is 19.8 Å². The molecule has 0 radical (unpaired) electrons. The molecule has 2 N–H and O–H groups in total. The fourth-order valence-electron chi connectivity index (χ4n) is 3.54. The molecule has 0 amide bonds. The Morgan fingerprint density at radius 2 is 2.14 bits per heavy atom. The number of carboxylic acid groups (broad SMARTS) is 1. The quantitative estimate of drug-likeness (QED) is 0.383. The highest BCUT2D eigenvalue weighted by molar-refractivity contribution is 8.01. The van der Waals surface area contributed by atoms with E-state index in [9.17, 15) is 14.7 Å². The highest BCUT2D eigenvalue weighted by Gasteiger charge is 2.33. The van der Waals surface area contributed by atoms with E-state index in [-0.39, 0.29) is 16.9 Å². The van der Waals surface area contributed by atoms with Gasteiger partial charge in [0.05, 0.1) is 17.1 Å². The molecule has 0 spiro atoms. The van der Waals surface area contributed by atoms with Gasteiger partial charge < -0.3 is 10.2 Å². The predicted octanol–water partition coefficient (Wildman–Crippen LogP) is 4.65. The number of Topliss-reactive ketones (excluding diaryl/α,β-unsaturated/α-hetero) is 1. The highest BCUT2D eigenvalue weighted by Crippen LogP contribution is 2.34. The van der Waals surface area contributed by atoms with E-state index >= 15 is 0 Å². The van der Waals surface area contributed by atoms with E-state index in [1.807, 2.05) is 24.3 Å². The third kappa shape index (κ3) is 6.60. The smallest absolute Gasteiger partial charge is 0.313 e. The number of carbonyl (C=O) groups excluding carboxylic acids is 1. The summed E-state index contributed by atoms with van der Waals surface area (Å²) in [4.78, 5) is 22.8. The normalized spacial score (nSPS) is 20.7. The molecule has 1 heterocycles. The zero-order valence-electron chi connectivity index (χ0n) is 16.2. The van der Waals surface area contributed by atoms with Crippen molar-refractivity contribution in [3.05, 3.63) is 47.4 Å². The molecular weight excluding hydrogens is 424 g/mol. The number of thiophene rings is 1. The van der Waals surface area contributed by atoms with Gasteiger partial charge in [-0.25, -0.2) is 0 Å². The summed E-state index contributed by atoms with van der Waals surface area (Å²) in [6.45, 7) is 0. The molecule has 3 rings (SSSR count). The van der Waals surface area contributed by atoms with Crippen LogP contribution in [-0.4, -0.2) is 50.6 Å². The fraction of sp³-hybridized carbons (Fsp3) is 0.455. The molecule has 1 aromatic heterocycles. The molecule has 1 fully saturated rings. The standard InChI is InChI=1S/C22H26O4S3/c23-17(12-16-13-29-20-5-2-1-4-18(16)20)8-6-15-7-9-19(24)22(15)28-11-3-10-27-14-21(25)26/h1-2,4-6,8,13,15,17,22-23H,3,7,9-12,14H2,(H,25,26)/t15?,17-,22?/m1/s1. The molecule has 1 aliphatic carbocycles. The lowest BCUT2D eigenvalue weighted by molar-refractivity contribution is -0.133. The van der Waals surface area contributed by atoms with Crippen LogP contribution in [0.3, 0.4) is 0 Å². The molecule has 0 aliphatic heterocycles. The number of hydrogen-bond donors (Lipinski definition) is 2. The number of aliphatic hydroxyl groups is 1. The summed E-state index contributed by atoms with van der Waals surface area (Å²) in [5.41, 5.74) is 1.16. The van der Waals surface area contributed by atoms with Crippen LogP contribution in [0.1, 0.15) is 24.8 Å². The van der Waals surface area contributed by atoms with Gasteiger partial charge in [-0.2, -0.15) is 11.8 Å². The van der Waals surface area contributed by atoms with Gasteiger partial charge in [0.25, 0.3) is 0 Å². The summed E-state index contributed by atoms with van der Waals surface area (Å²) in [6, 6.07) is 8.23. The van der Waals surface area contributed by atoms with Gasteiger partial charge in [0.15, 0.2) is 0 Å². The maximum absolute atomic E-state index is 12.2. The van der Waals surface area contributed by atoms with E-state index in [0.29, 0.717) is 18.6 Å². The van der Waals surface area contributed by atoms with Gasteiger partial charge in [-0.3, -0.25) is 9.59 Å². The van der Waals surface area contributed by atoms with Crippen LogP contribution in [0.25, 0.3) is 10.1 Å². The van der Waals surface area contributed by atoms with Crippen molar-refractivity contribution >= 4 is 56.7 Å². The minimum Gasteiger partial charge on any atom is -0.481 e. The van der Waals surface area contributed by atoms with E-state index in [1.165, 1.54) is 21.8 Å². The molecule has 29 heavy (non-hydrogen) atoms. The number of rotatable bonds is 11. The lowest BCUT2D eigenvalue weighted by atomic mass is 10.0. The Morgan fingerprint density at radius 1 is 1.31 bits per heavy atom. The Kier molecular flexibility index (Phi) is 8.66. The first kappa shape index (κ1) is 22.4. The molecule has 0 bridgehead atoms. The van der Waals surface area contributed by atoms with Gasteiger partial charge >= 0.3 is 5.97 Å². The van der Waals surface area contributed by atoms with Crippen molar-refractivity contribution in [1.82, 2.24) is 0 Å². The van der Waals surface area contributed by atoms with Crippen LogP contribution in [0.2, 0.25) is 0 Å². The molecule has 1 aliphatic rings. The third-order valence-corrected chi connectivity index (χ3v) is 8.49. The number of hydrogen-bond acceptors (Lipinski definition) is 6. The van der Waals surface area contributed by atoms with E-state index < -0.39 is 12.1 Å². The van der Waals surface area contributed by atoms with Crippen LogP contribution in [0.5, 0.6) is 0 Å². The first-order valence-corrected chi connectivity index (χ1v) is 12.9. The zero-order valence-corrected chi connectivity index (χ0v) is 18.6. The third-order valence-electron chi connectivity index (χ3n) is 4.96. The molecule has 7 heteroatoms. The summed E-state index contributed by atoms with van der Waals surface area (Å²) in [7, 11) is 0. The summed E-state index contributed by atoms with van der Waals surface area (Å²) in [5.74, 6) is 1.47. The molecule has 1 saturated carbocycles. The molecule has 4 nitrogen and oxygen atoms in total. The lowest BCUT2D eigenvalue weighted by Gasteiger charge is -2.15. The number of benzene rings is 1. The minimum absolute atomic E-state index is 0.0371. The maximum atomic E-state index is 12.2. The van der Waals surface area contributed by atoms with Crippen LogP contribution in [0, 0.1) is 5.92 Å². The lowest BCUT2D eigenvalue weighted by Crippen LogP contribution is -2.17. The summed E-state index contributed by atoms with van der Waals surface area (Å²) < 4.78 is 1.23. The summed E-state index contributed by atoms with van der Waals surface area (Å²) in [5, 5.41) is 22.4. The molecular formula is C22H26O4S3. The van der Waals surface area contributed by atoms with Crippen LogP contribution in [0.15, 0.2) is 41.8 Å². The van der Waals surface area contributed by atoms with Crippen molar-refractivity contribution in [3.8, 4) is 0 Å². The number of thioether (sulfide) groups is 2. The molecule has 3 atom stereocenters. The number of carbonyl (C=O) groups is 2. The van der Waals surface area contributed by atoms with Gasteiger partial charge in [-0.15, -0.1) is 23.1 Å². The summed E-state index contributed by atoms with van der Waals surface area (Å²) >= 11 is 4.79. The Morgan fingerprint density at radius 3 is 2.97 bits per heavy atom. The first-order chi connectivity index (χ1) is 14.0. The zero-order chi connectivity index (χ0) is 20.6. The number of fused-ring (bicyclic) bond motifs is 1. The Hall–Kier alpha value is -1.28. The predicted molar refractivity (Wildman–Crippen MR) is 124 cm³/mol. The number of aliphatic carboxylic acids is 1. The first-order valence-electron chi connectivity index (χ1n) is 9.80. The minimum atomic E-state index is -0.784. The maximum Gasteiger partial charge on any atom is 0.313 e. The summed E-state index contributed by atoms with van der Waals surface area (Å²) in [6.07, 6.45) is 6.26. The van der Waals surface area contributed by atoms with Gasteiger partial charge in [0, 0.05) is 17.5 Å². The van der Waals surface area contributed by atoms with Gasteiger partial charge in [0.1, 0.15) is 5.78 Å². The molecule has 0 saturated heterocycles.